The van der Waals surface area contributed by atoms with E-state index in [-0.39, 0.29) is 32.2 Å². The number of halogens is 1. The fourth-order valence-electron chi connectivity index (χ4n) is 1.45. The van der Waals surface area contributed by atoms with E-state index >= 15 is 0 Å². The van der Waals surface area contributed by atoms with Crippen molar-refractivity contribution >= 4 is 82.6 Å². The molecule has 28 heavy (non-hydrogen) atoms. The number of fused-ring (bicyclic) bond motifs is 1. The van der Waals surface area contributed by atoms with Crippen LogP contribution in [-0.2, 0) is 9.59 Å². The number of carboxylic acids is 3. The Morgan fingerprint density at radius 3 is 1.89 bits per heavy atom. The van der Waals surface area contributed by atoms with E-state index in [1.807, 2.05) is 48.9 Å². The molecule has 0 amide bonds. The standard InChI is InChI=1S/C9H6O2S.C6H4Br.2C2H4O2.Pb/c10-9(11)8-5-6-3-1-2-4-7(6)12-8;7-6-4-2-1-3-5-6;2*1-2(3)4;/h1-5H,(H,10,11);2-5H;2*1H3,(H,3,4);/p-3. The minimum Gasteiger partial charge on any atom is -0.550 e. The predicted molar refractivity (Wildman–Crippen MR) is 107 cm³/mol. The van der Waals surface area contributed by atoms with Crippen molar-refractivity contribution in [2.75, 3.05) is 0 Å². The molecule has 1 aromatic heterocycles. The first-order chi connectivity index (χ1) is 12.6. The summed E-state index contributed by atoms with van der Waals surface area (Å²) in [4.78, 5) is 28.5. The quantitative estimate of drug-likeness (QED) is 0.327. The minimum atomic E-state index is -1.10. The molecule has 3 rings (SSSR count). The Morgan fingerprint density at radius 2 is 1.54 bits per heavy atom. The van der Waals surface area contributed by atoms with Gasteiger partial charge in [0.25, 0.3) is 0 Å². The largest absolute Gasteiger partial charge is 0.550 e. The van der Waals surface area contributed by atoms with Crippen molar-refractivity contribution < 1.29 is 29.7 Å². The maximum atomic E-state index is 10.5. The third-order valence-electron chi connectivity index (χ3n) is 2.30. The number of thiophene rings is 1. The monoisotopic (exact) mass is 658 g/mol. The zero-order valence-corrected chi connectivity index (χ0v) is 21.2. The number of hydrogen-bond acceptors (Lipinski definition) is 7. The van der Waals surface area contributed by atoms with Crippen LogP contribution in [0.4, 0.5) is 0 Å². The Bertz CT molecular complexity index is 828. The van der Waals surface area contributed by atoms with E-state index in [9.17, 15) is 9.90 Å². The second-order valence-corrected chi connectivity index (χ2v) is 6.64. The Balaban J connectivity index is 0. The normalized spacial score (nSPS) is 10.5. The third-order valence-corrected chi connectivity index (χ3v) is 3.93. The summed E-state index contributed by atoms with van der Waals surface area (Å²) < 4.78 is 2.09. The molecule has 1 aromatic carbocycles. The van der Waals surface area contributed by atoms with Crippen LogP contribution in [0, 0.1) is 6.42 Å². The average molecular weight is 658 g/mol. The van der Waals surface area contributed by atoms with Crippen molar-refractivity contribution in [2.45, 2.75) is 13.8 Å². The molecule has 0 N–H and O–H groups in total. The van der Waals surface area contributed by atoms with Crippen LogP contribution in [-0.4, -0.2) is 45.2 Å². The maximum Gasteiger partial charge on any atom is 0.0815 e. The number of carbonyl (C=O) groups is 3. The van der Waals surface area contributed by atoms with Gasteiger partial charge >= 0.3 is 0 Å². The second-order valence-electron chi connectivity index (χ2n) is 4.64. The van der Waals surface area contributed by atoms with Crippen LogP contribution in [0.15, 0.2) is 58.8 Å². The fraction of sp³-hybridized carbons (Fsp3) is 0.105. The number of carboxylic acid groups (broad SMARTS) is 3. The molecule has 6 nitrogen and oxygen atoms in total. The summed E-state index contributed by atoms with van der Waals surface area (Å²) in [5.41, 5.74) is 2.90. The molecule has 0 fully saturated rings. The summed E-state index contributed by atoms with van der Waals surface area (Å²) in [5.74, 6) is -3.27. The minimum absolute atomic E-state index is 0. The Labute approximate surface area is 195 Å². The molecule has 1 heterocycles. The van der Waals surface area contributed by atoms with Crippen LogP contribution >= 0.6 is 27.3 Å². The van der Waals surface area contributed by atoms with Gasteiger partial charge in [-0.2, -0.15) is 0 Å². The topological polar surface area (TPSA) is 120 Å². The molecule has 2 aromatic rings. The first kappa shape index (κ1) is 28.5. The molecular weight excluding hydrogens is 643 g/mol. The first-order valence-corrected chi connectivity index (χ1v) is 8.91. The molecule has 9 heteroatoms. The van der Waals surface area contributed by atoms with Crippen molar-refractivity contribution in [2.24, 2.45) is 0 Å². The van der Waals surface area contributed by atoms with Gasteiger partial charge in [0.1, 0.15) is 0 Å². The molecule has 1 aliphatic carbocycles. The van der Waals surface area contributed by atoms with Crippen LogP contribution < -0.4 is 15.3 Å². The molecule has 0 bridgehead atoms. The van der Waals surface area contributed by atoms with E-state index in [1.165, 1.54) is 11.3 Å². The van der Waals surface area contributed by atoms with Crippen molar-refractivity contribution in [1.29, 1.82) is 0 Å². The zero-order valence-electron chi connectivity index (χ0n) is 14.9. The molecule has 1 aliphatic rings. The summed E-state index contributed by atoms with van der Waals surface area (Å²) in [6.45, 7) is 1.94. The van der Waals surface area contributed by atoms with Gasteiger partial charge in [0.15, 0.2) is 0 Å². The number of carbonyl (C=O) groups excluding carboxylic acids is 3. The van der Waals surface area contributed by atoms with Gasteiger partial charge in [-0.15, -0.1) is 17.1 Å². The number of aromatic carboxylic acids is 1. The molecule has 0 saturated heterocycles. The van der Waals surface area contributed by atoms with Crippen LogP contribution in [0.2, 0.25) is 0 Å². The molecule has 0 spiro atoms. The van der Waals surface area contributed by atoms with Crippen LogP contribution in [0.1, 0.15) is 23.5 Å². The van der Waals surface area contributed by atoms with Gasteiger partial charge in [-0.25, -0.2) is 0 Å². The SMILES string of the molecule is BrC1=CC=C=C[CH]1.CC(=O)[O-].CC(=O)[O-].O=C([O-])c1cc2ccccc2s1.[Pb]. The van der Waals surface area contributed by atoms with E-state index in [2.05, 4.69) is 21.7 Å². The van der Waals surface area contributed by atoms with Gasteiger partial charge in [0.05, 0.1) is 10.8 Å². The summed E-state index contributed by atoms with van der Waals surface area (Å²) in [5, 5.41) is 29.2. The van der Waals surface area contributed by atoms with Crippen LogP contribution in [0.3, 0.4) is 0 Å². The fourth-order valence-corrected chi connectivity index (χ4v) is 2.61. The van der Waals surface area contributed by atoms with E-state index in [1.54, 1.807) is 6.07 Å². The number of aliphatic carboxylic acids is 2. The zero-order chi connectivity index (χ0) is 20.8. The molecule has 0 atom stereocenters. The Kier molecular flexibility index (Phi) is 16.5. The van der Waals surface area contributed by atoms with Crippen LogP contribution in [0.5, 0.6) is 0 Å². The van der Waals surface area contributed by atoms with Gasteiger partial charge in [-0.1, -0.05) is 34.1 Å². The molecule has 0 aliphatic heterocycles. The van der Waals surface area contributed by atoms with E-state index in [0.717, 1.165) is 28.4 Å². The number of rotatable bonds is 1. The van der Waals surface area contributed by atoms with E-state index in [4.69, 9.17) is 19.8 Å². The third kappa shape index (κ3) is 15.3. The Morgan fingerprint density at radius 1 is 1.00 bits per heavy atom. The first-order valence-electron chi connectivity index (χ1n) is 7.30. The van der Waals surface area contributed by atoms with Gasteiger partial charge in [0, 0.05) is 54.8 Å². The summed E-state index contributed by atoms with van der Waals surface area (Å²) in [6.07, 6.45) is 7.62. The van der Waals surface area contributed by atoms with Crippen LogP contribution in [0.25, 0.3) is 10.1 Å². The van der Waals surface area contributed by atoms with Crippen molar-refractivity contribution in [1.82, 2.24) is 0 Å². The van der Waals surface area contributed by atoms with Gasteiger partial charge in [-0.05, 0) is 49.6 Å². The van der Waals surface area contributed by atoms with Gasteiger partial charge < -0.3 is 29.7 Å². The van der Waals surface area contributed by atoms with E-state index < -0.39 is 17.9 Å². The molecule has 147 valence electrons. The molecule has 5 radical (unpaired) electrons. The molecular formula is C19H15BrO6PbS-3. The van der Waals surface area contributed by atoms with Gasteiger partial charge in [0.2, 0.25) is 0 Å². The molecule has 0 saturated carbocycles. The summed E-state index contributed by atoms with van der Waals surface area (Å²) in [6, 6.07) is 9.19. The summed E-state index contributed by atoms with van der Waals surface area (Å²) >= 11 is 4.53. The van der Waals surface area contributed by atoms with Crippen molar-refractivity contribution in [3.05, 3.63) is 70.1 Å². The number of allylic oxidation sites excluding steroid dienone is 3. The second kappa shape index (κ2) is 16.2. The molecule has 0 unspecified atom stereocenters. The predicted octanol–water partition coefficient (Wildman–Crippen LogP) is 0.591. The van der Waals surface area contributed by atoms with E-state index in [0.29, 0.717) is 0 Å². The average Bonchev–Trinajstić information content (AvgIpc) is 2.99. The smallest absolute Gasteiger partial charge is 0.0815 e. The van der Waals surface area contributed by atoms with Gasteiger partial charge in [-0.3, -0.25) is 0 Å². The maximum absolute atomic E-state index is 10.5. The number of hydrogen-bond donors (Lipinski definition) is 0. The number of benzene rings is 1. The van der Waals surface area contributed by atoms with Crippen molar-refractivity contribution in [3.63, 3.8) is 0 Å². The van der Waals surface area contributed by atoms with Crippen molar-refractivity contribution in [3.8, 4) is 0 Å². The summed E-state index contributed by atoms with van der Waals surface area (Å²) in [7, 11) is 0. The Hall–Kier alpha value is -1.75.